The van der Waals surface area contributed by atoms with E-state index in [1.54, 1.807) is 29.8 Å². The summed E-state index contributed by atoms with van der Waals surface area (Å²) in [5.74, 6) is 1.92. The van der Waals surface area contributed by atoms with Crippen LogP contribution in [0.15, 0.2) is 42.5 Å². The second-order valence-electron chi connectivity index (χ2n) is 5.63. The van der Waals surface area contributed by atoms with Crippen LogP contribution in [0.2, 0.25) is 0 Å². The van der Waals surface area contributed by atoms with E-state index in [-0.39, 0.29) is 5.69 Å². The second-order valence-corrected chi connectivity index (χ2v) is 5.63. The summed E-state index contributed by atoms with van der Waals surface area (Å²) in [5.41, 5.74) is 7.37. The van der Waals surface area contributed by atoms with E-state index in [1.807, 2.05) is 0 Å². The number of hydrogen-bond donors (Lipinski definition) is 1. The molecule has 2 N–H and O–H groups in total. The standard InChI is InChI=1S/C19H13F3N2O/c1-3-11-8-13-10-16(18(23)25)24(2)17(13)15(9-11)12-4-6-14(7-5-12)19(20,21)22/h1,4-10H,2H3,(H2,23,25). The molecule has 0 spiro atoms. The van der Waals surface area contributed by atoms with E-state index in [9.17, 15) is 18.0 Å². The highest BCUT2D eigenvalue weighted by atomic mass is 19.4. The smallest absolute Gasteiger partial charge is 0.364 e. The first-order chi connectivity index (χ1) is 11.7. The van der Waals surface area contributed by atoms with Gasteiger partial charge in [0.15, 0.2) is 0 Å². The maximum Gasteiger partial charge on any atom is 0.416 e. The van der Waals surface area contributed by atoms with Crippen molar-refractivity contribution in [2.24, 2.45) is 12.8 Å². The summed E-state index contributed by atoms with van der Waals surface area (Å²) < 4.78 is 39.9. The molecule has 0 saturated heterocycles. The summed E-state index contributed by atoms with van der Waals surface area (Å²) in [4.78, 5) is 11.6. The average molecular weight is 342 g/mol. The number of carbonyl (C=O) groups is 1. The molecule has 0 bridgehead atoms. The monoisotopic (exact) mass is 342 g/mol. The van der Waals surface area contributed by atoms with Crippen LogP contribution < -0.4 is 5.73 Å². The normalized spacial score (nSPS) is 11.5. The summed E-state index contributed by atoms with van der Waals surface area (Å²) >= 11 is 0. The Labute approximate surface area is 141 Å². The molecule has 3 aromatic rings. The molecule has 0 aliphatic heterocycles. The highest BCUT2D eigenvalue weighted by molar-refractivity contribution is 6.03. The minimum Gasteiger partial charge on any atom is -0.364 e. The van der Waals surface area contributed by atoms with E-state index < -0.39 is 17.6 Å². The number of aryl methyl sites for hydroxylation is 1. The Morgan fingerprint density at radius 2 is 1.80 bits per heavy atom. The third-order valence-corrected chi connectivity index (χ3v) is 4.07. The summed E-state index contributed by atoms with van der Waals surface area (Å²) in [6, 6.07) is 9.85. The number of nitrogens with two attached hydrogens (primary N) is 1. The zero-order valence-electron chi connectivity index (χ0n) is 13.2. The molecule has 3 nitrogen and oxygen atoms in total. The lowest BCUT2D eigenvalue weighted by atomic mass is 9.99. The first-order valence-electron chi connectivity index (χ1n) is 7.30. The summed E-state index contributed by atoms with van der Waals surface area (Å²) in [6.07, 6.45) is 1.07. The lowest BCUT2D eigenvalue weighted by molar-refractivity contribution is -0.137. The largest absolute Gasteiger partial charge is 0.416 e. The van der Waals surface area contributed by atoms with Gasteiger partial charge in [-0.25, -0.2) is 0 Å². The van der Waals surface area contributed by atoms with Crippen molar-refractivity contribution in [3.05, 3.63) is 59.3 Å². The molecule has 25 heavy (non-hydrogen) atoms. The molecule has 1 heterocycles. The van der Waals surface area contributed by atoms with Crippen molar-refractivity contribution in [3.63, 3.8) is 0 Å². The van der Waals surface area contributed by atoms with E-state index in [0.717, 1.165) is 12.1 Å². The maximum absolute atomic E-state index is 12.8. The van der Waals surface area contributed by atoms with Gasteiger partial charge in [0, 0.05) is 23.6 Å². The Bertz CT molecular complexity index is 1020. The minimum absolute atomic E-state index is 0.289. The highest BCUT2D eigenvalue weighted by Gasteiger charge is 2.30. The summed E-state index contributed by atoms with van der Waals surface area (Å²) in [6.45, 7) is 0. The Morgan fingerprint density at radius 3 is 2.32 bits per heavy atom. The minimum atomic E-state index is -4.40. The van der Waals surface area contributed by atoms with Crippen LogP contribution >= 0.6 is 0 Å². The lowest BCUT2D eigenvalue weighted by Crippen LogP contribution is -2.15. The summed E-state index contributed by atoms with van der Waals surface area (Å²) in [7, 11) is 1.67. The van der Waals surface area contributed by atoms with E-state index >= 15 is 0 Å². The SMILES string of the molecule is C#Cc1cc(-c2ccc(C(F)(F)F)cc2)c2c(c1)cc(C(N)=O)n2C. The molecular weight excluding hydrogens is 329 g/mol. The van der Waals surface area contributed by atoms with E-state index in [2.05, 4.69) is 5.92 Å². The van der Waals surface area contributed by atoms with Gasteiger partial charge in [-0.2, -0.15) is 13.2 Å². The fraction of sp³-hybridized carbons (Fsp3) is 0.105. The van der Waals surface area contributed by atoms with Crippen molar-refractivity contribution in [2.45, 2.75) is 6.18 Å². The van der Waals surface area contributed by atoms with Crippen LogP contribution in [0.25, 0.3) is 22.0 Å². The molecule has 0 saturated carbocycles. The van der Waals surface area contributed by atoms with Gasteiger partial charge < -0.3 is 10.3 Å². The van der Waals surface area contributed by atoms with Gasteiger partial charge >= 0.3 is 6.18 Å². The molecule has 0 aliphatic rings. The molecule has 0 atom stereocenters. The topological polar surface area (TPSA) is 48.0 Å². The molecule has 3 rings (SSSR count). The van der Waals surface area contributed by atoms with Gasteiger partial charge in [0.05, 0.1) is 11.1 Å². The van der Waals surface area contributed by atoms with Crippen molar-refractivity contribution < 1.29 is 18.0 Å². The van der Waals surface area contributed by atoms with Crippen LogP contribution in [-0.4, -0.2) is 10.5 Å². The van der Waals surface area contributed by atoms with Crippen LogP contribution in [0.3, 0.4) is 0 Å². The lowest BCUT2D eigenvalue weighted by Gasteiger charge is -2.11. The molecule has 1 amide bonds. The third kappa shape index (κ3) is 2.85. The predicted molar refractivity (Wildman–Crippen MR) is 89.8 cm³/mol. The van der Waals surface area contributed by atoms with Crippen molar-refractivity contribution >= 4 is 16.8 Å². The van der Waals surface area contributed by atoms with Gasteiger partial charge in [-0.1, -0.05) is 18.1 Å². The first-order valence-corrected chi connectivity index (χ1v) is 7.30. The number of aromatic nitrogens is 1. The Hall–Kier alpha value is -3.20. The van der Waals surface area contributed by atoms with Crippen LogP contribution in [0.1, 0.15) is 21.6 Å². The number of amides is 1. The fourth-order valence-electron chi connectivity index (χ4n) is 2.88. The fourth-order valence-corrected chi connectivity index (χ4v) is 2.88. The quantitative estimate of drug-likeness (QED) is 0.705. The Morgan fingerprint density at radius 1 is 1.16 bits per heavy atom. The van der Waals surface area contributed by atoms with Gasteiger partial charge in [-0.15, -0.1) is 6.42 Å². The van der Waals surface area contributed by atoms with E-state index in [0.29, 0.717) is 27.6 Å². The average Bonchev–Trinajstić information content (AvgIpc) is 2.90. The molecule has 126 valence electrons. The number of carbonyl (C=O) groups excluding carboxylic acids is 1. The second kappa shape index (κ2) is 5.71. The maximum atomic E-state index is 12.8. The molecule has 0 fully saturated rings. The predicted octanol–water partition coefficient (Wildman–Crippen LogP) is 3.94. The van der Waals surface area contributed by atoms with Gasteiger partial charge in [0.25, 0.3) is 5.91 Å². The highest BCUT2D eigenvalue weighted by Crippen LogP contribution is 2.35. The number of hydrogen-bond acceptors (Lipinski definition) is 1. The number of benzene rings is 2. The zero-order valence-corrected chi connectivity index (χ0v) is 13.2. The Kier molecular flexibility index (Phi) is 3.80. The van der Waals surface area contributed by atoms with Crippen LogP contribution in [0.4, 0.5) is 13.2 Å². The van der Waals surface area contributed by atoms with Crippen molar-refractivity contribution in [1.29, 1.82) is 0 Å². The molecule has 1 aromatic heterocycles. The van der Waals surface area contributed by atoms with Crippen molar-refractivity contribution in [1.82, 2.24) is 4.57 Å². The van der Waals surface area contributed by atoms with Crippen LogP contribution in [0.5, 0.6) is 0 Å². The zero-order chi connectivity index (χ0) is 18.4. The van der Waals surface area contributed by atoms with Gasteiger partial charge in [0.1, 0.15) is 5.69 Å². The van der Waals surface area contributed by atoms with Crippen molar-refractivity contribution in [3.8, 4) is 23.5 Å². The number of rotatable bonds is 2. The van der Waals surface area contributed by atoms with Gasteiger partial charge in [-0.05, 0) is 35.9 Å². The van der Waals surface area contributed by atoms with E-state index in [1.165, 1.54) is 12.1 Å². The molecule has 6 heteroatoms. The van der Waals surface area contributed by atoms with E-state index in [4.69, 9.17) is 12.2 Å². The number of fused-ring (bicyclic) bond motifs is 1. The van der Waals surface area contributed by atoms with Crippen LogP contribution in [0, 0.1) is 12.3 Å². The van der Waals surface area contributed by atoms with Crippen molar-refractivity contribution in [2.75, 3.05) is 0 Å². The molecule has 0 radical (unpaired) electrons. The molecular formula is C19H13F3N2O. The number of primary amides is 1. The summed E-state index contributed by atoms with van der Waals surface area (Å²) in [5, 5.41) is 0.696. The first kappa shape index (κ1) is 16.7. The van der Waals surface area contributed by atoms with Gasteiger partial charge in [-0.3, -0.25) is 4.79 Å². The van der Waals surface area contributed by atoms with Gasteiger partial charge in [0.2, 0.25) is 0 Å². The molecule has 2 aromatic carbocycles. The van der Waals surface area contributed by atoms with Crippen LogP contribution in [-0.2, 0) is 13.2 Å². The Balaban J connectivity index is 2.28. The number of terminal acetylenes is 1. The third-order valence-electron chi connectivity index (χ3n) is 4.07. The number of nitrogens with zero attached hydrogens (tertiary/aromatic N) is 1. The number of halogens is 3. The number of alkyl halides is 3. The molecule has 0 unspecified atom stereocenters. The molecule has 0 aliphatic carbocycles.